The van der Waals surface area contributed by atoms with E-state index in [-0.39, 0.29) is 23.7 Å². The number of β-lactam (4-membered cyclic amide) rings is 1. The minimum atomic E-state index is -0.541. The Balaban J connectivity index is 1.72. The Morgan fingerprint density at radius 3 is 2.50 bits per heavy atom. The molecule has 0 bridgehead atoms. The normalized spacial score (nSPS) is 17.6. The van der Waals surface area contributed by atoms with Crippen LogP contribution in [0.4, 0.5) is 10.8 Å². The number of hydrogen-bond donors (Lipinski definition) is 1. The first-order valence-electron chi connectivity index (χ1n) is 7.48. The van der Waals surface area contributed by atoms with Crippen LogP contribution in [0.5, 0.6) is 0 Å². The summed E-state index contributed by atoms with van der Waals surface area (Å²) in [6.07, 6.45) is 0.180. The van der Waals surface area contributed by atoms with Crippen LogP contribution in [0.15, 0.2) is 24.3 Å². The number of aromatic nitrogens is 2. The summed E-state index contributed by atoms with van der Waals surface area (Å²) in [4.78, 5) is 25.8. The van der Waals surface area contributed by atoms with Crippen molar-refractivity contribution >= 4 is 45.6 Å². The Morgan fingerprint density at radius 1 is 1.29 bits per heavy atom. The lowest BCUT2D eigenvalue weighted by atomic mass is 9.98. The molecule has 24 heavy (non-hydrogen) atoms. The standard InChI is InChI=1S/C16H17ClN4O2S/c1-16(2,3)14-19-20-15(24-14)18-13(23)11-8-12(22)21(11)10-6-4-9(17)5-7-10/h4-7,11H,8H2,1-3H3,(H,18,20,23). The summed E-state index contributed by atoms with van der Waals surface area (Å²) in [7, 11) is 0. The number of amides is 2. The molecule has 1 aliphatic heterocycles. The smallest absolute Gasteiger partial charge is 0.249 e. The van der Waals surface area contributed by atoms with Gasteiger partial charge < -0.3 is 0 Å². The molecule has 0 aliphatic carbocycles. The Bertz CT molecular complexity index is 782. The SMILES string of the molecule is CC(C)(C)c1nnc(NC(=O)C2CC(=O)N2c2ccc(Cl)cc2)s1. The first-order chi connectivity index (χ1) is 11.3. The van der Waals surface area contributed by atoms with E-state index >= 15 is 0 Å². The Hall–Kier alpha value is -1.99. The minimum absolute atomic E-state index is 0.0925. The van der Waals surface area contributed by atoms with Crippen molar-refractivity contribution in [1.82, 2.24) is 10.2 Å². The van der Waals surface area contributed by atoms with Gasteiger partial charge in [-0.15, -0.1) is 10.2 Å². The number of halogens is 1. The number of rotatable bonds is 3. The topological polar surface area (TPSA) is 75.2 Å². The maximum Gasteiger partial charge on any atom is 0.249 e. The summed E-state index contributed by atoms with van der Waals surface area (Å²) >= 11 is 7.21. The van der Waals surface area contributed by atoms with Crippen LogP contribution in [-0.2, 0) is 15.0 Å². The molecule has 1 atom stereocenters. The molecule has 8 heteroatoms. The minimum Gasteiger partial charge on any atom is -0.299 e. The summed E-state index contributed by atoms with van der Waals surface area (Å²) in [5, 5.41) is 12.7. The van der Waals surface area contributed by atoms with E-state index in [4.69, 9.17) is 11.6 Å². The fourth-order valence-corrected chi connectivity index (χ4v) is 3.25. The zero-order valence-electron chi connectivity index (χ0n) is 13.5. The molecular formula is C16H17ClN4O2S. The van der Waals surface area contributed by atoms with E-state index in [1.807, 2.05) is 20.8 Å². The third-order valence-electron chi connectivity index (χ3n) is 3.65. The summed E-state index contributed by atoms with van der Waals surface area (Å²) in [6, 6.07) is 6.29. The molecule has 1 N–H and O–H groups in total. The van der Waals surface area contributed by atoms with Crippen LogP contribution in [0.2, 0.25) is 5.02 Å². The van der Waals surface area contributed by atoms with Gasteiger partial charge in [-0.3, -0.25) is 19.8 Å². The van der Waals surface area contributed by atoms with Gasteiger partial charge in [-0.2, -0.15) is 0 Å². The van der Waals surface area contributed by atoms with E-state index in [0.29, 0.717) is 15.8 Å². The van der Waals surface area contributed by atoms with Crippen LogP contribution in [0, 0.1) is 0 Å². The van der Waals surface area contributed by atoms with Crippen molar-refractivity contribution in [3.8, 4) is 0 Å². The summed E-state index contributed by atoms with van der Waals surface area (Å²) in [5.41, 5.74) is 0.533. The molecule has 2 aromatic rings. The van der Waals surface area contributed by atoms with Crippen LogP contribution >= 0.6 is 22.9 Å². The van der Waals surface area contributed by atoms with Crippen molar-refractivity contribution in [2.75, 3.05) is 10.2 Å². The molecule has 126 valence electrons. The third-order valence-corrected chi connectivity index (χ3v) is 5.17. The Morgan fingerprint density at radius 2 is 1.96 bits per heavy atom. The van der Waals surface area contributed by atoms with Gasteiger partial charge in [0.15, 0.2) is 0 Å². The van der Waals surface area contributed by atoms with E-state index in [9.17, 15) is 9.59 Å². The molecule has 1 aromatic carbocycles. The van der Waals surface area contributed by atoms with Crippen LogP contribution in [-0.4, -0.2) is 28.1 Å². The number of carbonyl (C=O) groups excluding carboxylic acids is 2. The molecular weight excluding hydrogens is 348 g/mol. The Kier molecular flexibility index (Phi) is 4.31. The second-order valence-electron chi connectivity index (χ2n) is 6.61. The van der Waals surface area contributed by atoms with Crippen molar-refractivity contribution in [1.29, 1.82) is 0 Å². The average molecular weight is 365 g/mol. The van der Waals surface area contributed by atoms with E-state index in [1.54, 1.807) is 24.3 Å². The third kappa shape index (κ3) is 3.27. The first-order valence-corrected chi connectivity index (χ1v) is 8.67. The zero-order valence-corrected chi connectivity index (χ0v) is 15.1. The molecule has 2 heterocycles. The molecule has 3 rings (SSSR count). The zero-order chi connectivity index (χ0) is 17.5. The molecule has 0 saturated carbocycles. The van der Waals surface area contributed by atoms with E-state index < -0.39 is 6.04 Å². The number of benzene rings is 1. The molecule has 1 unspecified atom stereocenters. The number of anilines is 2. The van der Waals surface area contributed by atoms with Crippen LogP contribution in [0.25, 0.3) is 0 Å². The van der Waals surface area contributed by atoms with Crippen molar-refractivity contribution in [2.45, 2.75) is 38.6 Å². The van der Waals surface area contributed by atoms with Gasteiger partial charge >= 0.3 is 0 Å². The fraction of sp³-hybridized carbons (Fsp3) is 0.375. The lowest BCUT2D eigenvalue weighted by Gasteiger charge is -2.38. The quantitative estimate of drug-likeness (QED) is 0.848. The molecule has 0 radical (unpaired) electrons. The highest BCUT2D eigenvalue weighted by Gasteiger charge is 2.42. The van der Waals surface area contributed by atoms with Gasteiger partial charge in [-0.05, 0) is 24.3 Å². The molecule has 1 aromatic heterocycles. The fourth-order valence-electron chi connectivity index (χ4n) is 2.32. The second-order valence-corrected chi connectivity index (χ2v) is 8.03. The summed E-state index contributed by atoms with van der Waals surface area (Å²) in [5.74, 6) is -0.355. The average Bonchev–Trinajstić information content (AvgIpc) is 2.95. The van der Waals surface area contributed by atoms with Gasteiger partial charge in [-0.25, -0.2) is 0 Å². The number of hydrogen-bond acceptors (Lipinski definition) is 5. The lowest BCUT2D eigenvalue weighted by molar-refractivity contribution is -0.131. The highest BCUT2D eigenvalue weighted by atomic mass is 35.5. The molecule has 1 aliphatic rings. The molecule has 6 nitrogen and oxygen atoms in total. The molecule has 2 amide bonds. The predicted molar refractivity (Wildman–Crippen MR) is 94.6 cm³/mol. The Labute approximate surface area is 148 Å². The van der Waals surface area contributed by atoms with Crippen molar-refractivity contribution in [2.24, 2.45) is 0 Å². The van der Waals surface area contributed by atoms with Gasteiger partial charge in [0.2, 0.25) is 16.9 Å². The monoisotopic (exact) mass is 364 g/mol. The van der Waals surface area contributed by atoms with Crippen LogP contribution in [0.3, 0.4) is 0 Å². The predicted octanol–water partition coefficient (Wildman–Crippen LogP) is 3.23. The molecule has 1 saturated heterocycles. The van der Waals surface area contributed by atoms with Gasteiger partial charge in [0, 0.05) is 16.1 Å². The number of carbonyl (C=O) groups is 2. The highest BCUT2D eigenvalue weighted by Crippen LogP contribution is 2.31. The van der Waals surface area contributed by atoms with Crippen molar-refractivity contribution in [3.63, 3.8) is 0 Å². The summed E-state index contributed by atoms with van der Waals surface area (Å²) in [6.45, 7) is 6.10. The van der Waals surface area contributed by atoms with Crippen LogP contribution < -0.4 is 10.2 Å². The van der Waals surface area contributed by atoms with Crippen LogP contribution in [0.1, 0.15) is 32.2 Å². The second kappa shape index (κ2) is 6.14. The number of nitrogens with zero attached hydrogens (tertiary/aromatic N) is 3. The van der Waals surface area contributed by atoms with Gasteiger partial charge in [0.25, 0.3) is 0 Å². The molecule has 0 spiro atoms. The number of nitrogens with one attached hydrogen (secondary N) is 1. The maximum atomic E-state index is 12.5. The van der Waals surface area contributed by atoms with E-state index in [1.165, 1.54) is 16.2 Å². The highest BCUT2D eigenvalue weighted by molar-refractivity contribution is 7.15. The van der Waals surface area contributed by atoms with Gasteiger partial charge in [-0.1, -0.05) is 43.7 Å². The van der Waals surface area contributed by atoms with Crippen molar-refractivity contribution in [3.05, 3.63) is 34.3 Å². The largest absolute Gasteiger partial charge is 0.299 e. The summed E-state index contributed by atoms with van der Waals surface area (Å²) < 4.78 is 0. The van der Waals surface area contributed by atoms with Gasteiger partial charge in [0.1, 0.15) is 11.0 Å². The first kappa shape index (κ1) is 16.9. The molecule has 1 fully saturated rings. The maximum absolute atomic E-state index is 12.5. The van der Waals surface area contributed by atoms with E-state index in [0.717, 1.165) is 5.01 Å². The van der Waals surface area contributed by atoms with Gasteiger partial charge in [0.05, 0.1) is 6.42 Å². The van der Waals surface area contributed by atoms with E-state index in [2.05, 4.69) is 15.5 Å². The lowest BCUT2D eigenvalue weighted by Crippen LogP contribution is -2.58. The van der Waals surface area contributed by atoms with Crippen molar-refractivity contribution < 1.29 is 9.59 Å².